The van der Waals surface area contributed by atoms with Crippen molar-refractivity contribution in [2.45, 2.75) is 6.04 Å². The Kier molecular flexibility index (Phi) is 2.10. The van der Waals surface area contributed by atoms with Crippen LogP contribution in [-0.2, 0) is 0 Å². The molecule has 0 amide bonds. The molecule has 1 saturated heterocycles. The molecule has 1 spiro atoms. The van der Waals surface area contributed by atoms with Crippen molar-refractivity contribution in [3.8, 4) is 0 Å². The fourth-order valence-electron chi connectivity index (χ4n) is 3.61. The highest BCUT2D eigenvalue weighted by Gasteiger charge is 2.50. The highest BCUT2D eigenvalue weighted by molar-refractivity contribution is 5.42. The van der Waals surface area contributed by atoms with Gasteiger partial charge >= 0.3 is 0 Å². The summed E-state index contributed by atoms with van der Waals surface area (Å²) in [5.74, 6) is 0. The van der Waals surface area contributed by atoms with Crippen molar-refractivity contribution in [1.29, 1.82) is 0 Å². The molecule has 2 bridgehead atoms. The number of quaternary nitrogens is 1. The SMILES string of the molecule is C1=CC2=CC=C1[N+]21CCNCC1c1ccccc1. The topological polar surface area (TPSA) is 12.0 Å². The molecule has 2 nitrogen and oxygen atoms in total. The fraction of sp³-hybridized carbons (Fsp3) is 0.250. The van der Waals surface area contributed by atoms with Gasteiger partial charge in [0, 0.05) is 36.4 Å². The normalized spacial score (nSPS) is 27.4. The van der Waals surface area contributed by atoms with Gasteiger partial charge in [-0.25, -0.2) is 0 Å². The molecule has 1 aromatic carbocycles. The van der Waals surface area contributed by atoms with Crippen LogP contribution in [0.4, 0.5) is 0 Å². The van der Waals surface area contributed by atoms with Crippen molar-refractivity contribution >= 4 is 0 Å². The van der Waals surface area contributed by atoms with E-state index in [2.05, 4.69) is 60.0 Å². The predicted molar refractivity (Wildman–Crippen MR) is 72.5 cm³/mol. The molecule has 0 saturated carbocycles. The number of piperazine rings is 1. The third kappa shape index (κ3) is 1.19. The standard InChI is InChI=1S/C16H17N2/c1-2-4-13(5-3-1)16-12-17-10-11-18(16)14-6-7-15(18)9-8-14/h1-9,16-17H,10-12H2/q+1. The van der Waals surface area contributed by atoms with Crippen LogP contribution in [0.25, 0.3) is 0 Å². The predicted octanol–water partition coefficient (Wildman–Crippen LogP) is 2.50. The van der Waals surface area contributed by atoms with Crippen molar-refractivity contribution in [1.82, 2.24) is 5.32 Å². The average Bonchev–Trinajstić information content (AvgIpc) is 2.96. The highest BCUT2D eigenvalue weighted by Crippen LogP contribution is 2.47. The smallest absolute Gasteiger partial charge is 0.138 e. The largest absolute Gasteiger partial charge is 0.306 e. The van der Waals surface area contributed by atoms with Crippen LogP contribution in [0.2, 0.25) is 0 Å². The van der Waals surface area contributed by atoms with E-state index in [0.717, 1.165) is 24.1 Å². The molecule has 3 aliphatic heterocycles. The van der Waals surface area contributed by atoms with Gasteiger partial charge in [0.15, 0.2) is 0 Å². The summed E-state index contributed by atoms with van der Waals surface area (Å²) in [5.41, 5.74) is 4.35. The second-order valence-electron chi connectivity index (χ2n) is 5.24. The number of rotatable bonds is 1. The van der Waals surface area contributed by atoms with E-state index in [0.29, 0.717) is 6.04 Å². The zero-order valence-corrected chi connectivity index (χ0v) is 10.3. The van der Waals surface area contributed by atoms with Crippen molar-refractivity contribution < 1.29 is 4.48 Å². The van der Waals surface area contributed by atoms with Crippen molar-refractivity contribution in [2.75, 3.05) is 19.6 Å². The Labute approximate surface area is 108 Å². The van der Waals surface area contributed by atoms with Gasteiger partial charge in [-0.05, 0) is 0 Å². The first-order valence-corrected chi connectivity index (χ1v) is 6.66. The number of hydrogen-bond acceptors (Lipinski definition) is 1. The summed E-state index contributed by atoms with van der Waals surface area (Å²) in [6, 6.07) is 11.4. The summed E-state index contributed by atoms with van der Waals surface area (Å²) in [5, 5.41) is 3.56. The molecule has 1 fully saturated rings. The lowest BCUT2D eigenvalue weighted by molar-refractivity contribution is -0.877. The maximum absolute atomic E-state index is 3.56. The maximum Gasteiger partial charge on any atom is 0.138 e. The lowest BCUT2D eigenvalue weighted by atomic mass is 9.99. The number of hydrogen-bond donors (Lipinski definition) is 1. The lowest BCUT2D eigenvalue weighted by Gasteiger charge is -2.44. The summed E-state index contributed by atoms with van der Waals surface area (Å²) in [7, 11) is 0. The third-order valence-electron chi connectivity index (χ3n) is 4.47. The van der Waals surface area contributed by atoms with Crippen LogP contribution in [-0.4, -0.2) is 24.1 Å². The van der Waals surface area contributed by atoms with E-state index in [-0.39, 0.29) is 0 Å². The number of nitrogens with one attached hydrogen (secondary N) is 1. The molecule has 1 atom stereocenters. The van der Waals surface area contributed by atoms with Gasteiger partial charge in [-0.1, -0.05) is 30.3 Å². The van der Waals surface area contributed by atoms with Crippen molar-refractivity contribution in [3.05, 3.63) is 71.6 Å². The Bertz CT molecular complexity index is 544. The van der Waals surface area contributed by atoms with Gasteiger partial charge in [-0.15, -0.1) is 0 Å². The molecule has 0 radical (unpaired) electrons. The van der Waals surface area contributed by atoms with E-state index in [9.17, 15) is 0 Å². The minimum Gasteiger partial charge on any atom is -0.306 e. The Morgan fingerprint density at radius 1 is 1.00 bits per heavy atom. The van der Waals surface area contributed by atoms with E-state index >= 15 is 0 Å². The lowest BCUT2D eigenvalue weighted by Crippen LogP contribution is -2.56. The number of nitrogens with zero attached hydrogens (tertiary/aromatic N) is 1. The maximum atomic E-state index is 3.56. The number of benzene rings is 1. The van der Waals surface area contributed by atoms with Crippen LogP contribution in [0.5, 0.6) is 0 Å². The van der Waals surface area contributed by atoms with Crippen molar-refractivity contribution in [3.63, 3.8) is 0 Å². The minimum atomic E-state index is 0.509. The van der Waals surface area contributed by atoms with Crippen LogP contribution in [0.1, 0.15) is 11.6 Å². The molecule has 3 aliphatic rings. The molecule has 1 N–H and O–H groups in total. The van der Waals surface area contributed by atoms with E-state index in [1.165, 1.54) is 17.0 Å². The second-order valence-corrected chi connectivity index (χ2v) is 5.24. The fourth-order valence-corrected chi connectivity index (χ4v) is 3.61. The molecule has 0 aromatic heterocycles. The summed E-state index contributed by atoms with van der Waals surface area (Å²) in [6.07, 6.45) is 9.15. The van der Waals surface area contributed by atoms with Gasteiger partial charge in [-0.2, -0.15) is 0 Å². The molecule has 3 heterocycles. The highest BCUT2D eigenvalue weighted by atomic mass is 15.4. The summed E-state index contributed by atoms with van der Waals surface area (Å²) >= 11 is 0. The second kappa shape index (κ2) is 3.67. The first kappa shape index (κ1) is 10.3. The Morgan fingerprint density at radius 3 is 2.39 bits per heavy atom. The molecule has 4 rings (SSSR count). The van der Waals surface area contributed by atoms with E-state index in [1.807, 2.05) is 0 Å². The summed E-state index contributed by atoms with van der Waals surface area (Å²) in [4.78, 5) is 0. The van der Waals surface area contributed by atoms with Crippen LogP contribution < -0.4 is 5.32 Å². The Balaban J connectivity index is 1.83. The zero-order valence-electron chi connectivity index (χ0n) is 10.3. The summed E-state index contributed by atoms with van der Waals surface area (Å²) in [6.45, 7) is 3.31. The van der Waals surface area contributed by atoms with Crippen molar-refractivity contribution in [2.24, 2.45) is 0 Å². The van der Waals surface area contributed by atoms with Crippen LogP contribution in [0.3, 0.4) is 0 Å². The quantitative estimate of drug-likeness (QED) is 0.740. The van der Waals surface area contributed by atoms with Gasteiger partial charge in [0.25, 0.3) is 0 Å². The minimum absolute atomic E-state index is 0.509. The summed E-state index contributed by atoms with van der Waals surface area (Å²) < 4.78 is 1.04. The molecular formula is C16H17N2+. The van der Waals surface area contributed by atoms with Crippen LogP contribution in [0, 0.1) is 0 Å². The van der Waals surface area contributed by atoms with Gasteiger partial charge < -0.3 is 5.32 Å². The zero-order chi connectivity index (χ0) is 12.0. The number of allylic oxidation sites excluding steroid dienone is 4. The molecule has 18 heavy (non-hydrogen) atoms. The Morgan fingerprint density at radius 2 is 1.72 bits per heavy atom. The van der Waals surface area contributed by atoms with Gasteiger partial charge in [0.1, 0.15) is 24.0 Å². The molecule has 0 aliphatic carbocycles. The average molecular weight is 237 g/mol. The van der Waals surface area contributed by atoms with Crippen LogP contribution >= 0.6 is 0 Å². The Hall–Kier alpha value is -1.64. The molecular weight excluding hydrogens is 220 g/mol. The molecule has 1 unspecified atom stereocenters. The monoisotopic (exact) mass is 237 g/mol. The first-order chi connectivity index (χ1) is 8.91. The molecule has 90 valence electrons. The van der Waals surface area contributed by atoms with Crippen LogP contribution in [0.15, 0.2) is 66.0 Å². The van der Waals surface area contributed by atoms with Gasteiger partial charge in [-0.3, -0.25) is 4.48 Å². The molecule has 1 aromatic rings. The van der Waals surface area contributed by atoms with Gasteiger partial charge in [0.2, 0.25) is 0 Å². The van der Waals surface area contributed by atoms with E-state index < -0.39 is 0 Å². The van der Waals surface area contributed by atoms with E-state index in [1.54, 1.807) is 0 Å². The first-order valence-electron chi connectivity index (χ1n) is 6.66. The van der Waals surface area contributed by atoms with E-state index in [4.69, 9.17) is 0 Å². The van der Waals surface area contributed by atoms with Gasteiger partial charge in [0.05, 0.1) is 6.54 Å². The third-order valence-corrected chi connectivity index (χ3v) is 4.47. The molecule has 2 heteroatoms.